The second-order valence-corrected chi connectivity index (χ2v) is 5.42. The van der Waals surface area contributed by atoms with Crippen molar-refractivity contribution in [2.24, 2.45) is 0 Å². The van der Waals surface area contributed by atoms with Crippen molar-refractivity contribution < 1.29 is 14.6 Å². The van der Waals surface area contributed by atoms with E-state index in [4.69, 9.17) is 4.74 Å². The zero-order valence-electron chi connectivity index (χ0n) is 11.0. The molecule has 0 aromatic heterocycles. The Hall–Kier alpha value is -1.55. The molecule has 1 aliphatic heterocycles. The van der Waals surface area contributed by atoms with Crippen LogP contribution in [0, 0.1) is 0 Å². The number of aromatic hydroxyl groups is 1. The van der Waals surface area contributed by atoms with Gasteiger partial charge in [0.25, 0.3) is 5.91 Å². The minimum atomic E-state index is -0.329. The van der Waals surface area contributed by atoms with Gasteiger partial charge in [-0.3, -0.25) is 4.79 Å². The molecular weight excluding hydrogens is 230 g/mol. The summed E-state index contributed by atoms with van der Waals surface area (Å²) in [7, 11) is 0. The standard InChI is InChI=1S/C14H19NO3/c1-10-8-15(9-14(2,3)18-10)13(17)11-5-4-6-12(16)7-11/h4-7,10,16H,8-9H2,1-3H3. The van der Waals surface area contributed by atoms with E-state index in [1.54, 1.807) is 23.1 Å². The summed E-state index contributed by atoms with van der Waals surface area (Å²) >= 11 is 0. The van der Waals surface area contributed by atoms with E-state index in [0.29, 0.717) is 18.7 Å². The van der Waals surface area contributed by atoms with Gasteiger partial charge in [0, 0.05) is 18.7 Å². The Balaban J connectivity index is 2.18. The number of nitrogens with zero attached hydrogens (tertiary/aromatic N) is 1. The van der Waals surface area contributed by atoms with Crippen molar-refractivity contribution in [3.05, 3.63) is 29.8 Å². The van der Waals surface area contributed by atoms with Crippen LogP contribution in [0.5, 0.6) is 5.75 Å². The smallest absolute Gasteiger partial charge is 0.254 e. The van der Waals surface area contributed by atoms with E-state index < -0.39 is 0 Å². The molecule has 18 heavy (non-hydrogen) atoms. The molecule has 1 aromatic rings. The second kappa shape index (κ2) is 4.61. The Labute approximate surface area is 107 Å². The van der Waals surface area contributed by atoms with E-state index in [0.717, 1.165) is 0 Å². The van der Waals surface area contributed by atoms with Crippen LogP contribution in [-0.2, 0) is 4.74 Å². The third kappa shape index (κ3) is 2.82. The van der Waals surface area contributed by atoms with Crippen LogP contribution in [0.15, 0.2) is 24.3 Å². The van der Waals surface area contributed by atoms with Crippen molar-refractivity contribution >= 4 is 5.91 Å². The molecule has 1 aromatic carbocycles. The lowest BCUT2D eigenvalue weighted by molar-refractivity contribution is -0.118. The summed E-state index contributed by atoms with van der Waals surface area (Å²) in [6.45, 7) is 7.06. The molecule has 1 saturated heterocycles. The van der Waals surface area contributed by atoms with E-state index in [-0.39, 0.29) is 23.4 Å². The maximum Gasteiger partial charge on any atom is 0.254 e. The molecule has 1 atom stereocenters. The van der Waals surface area contributed by atoms with E-state index in [9.17, 15) is 9.90 Å². The number of phenolic OH excluding ortho intramolecular Hbond substituents is 1. The quantitative estimate of drug-likeness (QED) is 0.828. The number of morpholine rings is 1. The Bertz CT molecular complexity index is 456. The Morgan fingerprint density at radius 1 is 1.50 bits per heavy atom. The van der Waals surface area contributed by atoms with Gasteiger partial charge in [-0.05, 0) is 39.0 Å². The Kier molecular flexibility index (Phi) is 3.30. The Morgan fingerprint density at radius 2 is 2.22 bits per heavy atom. The summed E-state index contributed by atoms with van der Waals surface area (Å²) < 4.78 is 5.77. The highest BCUT2D eigenvalue weighted by molar-refractivity contribution is 5.94. The van der Waals surface area contributed by atoms with Crippen LogP contribution in [0.3, 0.4) is 0 Å². The number of carbonyl (C=O) groups is 1. The van der Waals surface area contributed by atoms with E-state index >= 15 is 0 Å². The lowest BCUT2D eigenvalue weighted by Gasteiger charge is -2.41. The first kappa shape index (κ1) is 12.9. The molecule has 1 unspecified atom stereocenters. The Morgan fingerprint density at radius 3 is 2.83 bits per heavy atom. The number of hydrogen-bond donors (Lipinski definition) is 1. The normalized spacial score (nSPS) is 22.8. The van der Waals surface area contributed by atoms with Crippen LogP contribution in [-0.4, -0.2) is 40.7 Å². The molecule has 98 valence electrons. The number of ether oxygens (including phenoxy) is 1. The van der Waals surface area contributed by atoms with Crippen molar-refractivity contribution in [1.29, 1.82) is 0 Å². The maximum atomic E-state index is 12.3. The zero-order valence-corrected chi connectivity index (χ0v) is 11.0. The molecule has 0 aliphatic carbocycles. The van der Waals surface area contributed by atoms with Gasteiger partial charge in [0.05, 0.1) is 11.7 Å². The number of amides is 1. The van der Waals surface area contributed by atoms with Gasteiger partial charge >= 0.3 is 0 Å². The van der Waals surface area contributed by atoms with Gasteiger partial charge in [0.2, 0.25) is 0 Å². The van der Waals surface area contributed by atoms with E-state index in [1.165, 1.54) is 6.07 Å². The molecule has 1 aliphatic rings. The van der Waals surface area contributed by atoms with Gasteiger partial charge in [-0.2, -0.15) is 0 Å². The monoisotopic (exact) mass is 249 g/mol. The van der Waals surface area contributed by atoms with Crippen molar-refractivity contribution in [3.8, 4) is 5.75 Å². The highest BCUT2D eigenvalue weighted by atomic mass is 16.5. The molecule has 0 spiro atoms. The van der Waals surface area contributed by atoms with Crippen LogP contribution in [0.2, 0.25) is 0 Å². The molecule has 1 heterocycles. The zero-order chi connectivity index (χ0) is 13.3. The van der Waals surface area contributed by atoms with Gasteiger partial charge < -0.3 is 14.7 Å². The van der Waals surface area contributed by atoms with Crippen LogP contribution in [0.25, 0.3) is 0 Å². The third-order valence-electron chi connectivity index (χ3n) is 2.95. The average Bonchev–Trinajstić information content (AvgIpc) is 2.25. The maximum absolute atomic E-state index is 12.3. The van der Waals surface area contributed by atoms with Crippen molar-refractivity contribution in [3.63, 3.8) is 0 Å². The summed E-state index contributed by atoms with van der Waals surface area (Å²) in [5, 5.41) is 9.42. The fraction of sp³-hybridized carbons (Fsp3) is 0.500. The predicted molar refractivity (Wildman–Crippen MR) is 68.6 cm³/mol. The number of benzene rings is 1. The average molecular weight is 249 g/mol. The largest absolute Gasteiger partial charge is 0.508 e. The fourth-order valence-corrected chi connectivity index (χ4v) is 2.43. The van der Waals surface area contributed by atoms with Gasteiger partial charge in [-0.1, -0.05) is 6.07 Å². The molecule has 2 rings (SSSR count). The van der Waals surface area contributed by atoms with Crippen LogP contribution >= 0.6 is 0 Å². The molecule has 4 heteroatoms. The molecule has 0 saturated carbocycles. The second-order valence-electron chi connectivity index (χ2n) is 5.42. The molecule has 0 radical (unpaired) electrons. The van der Waals surface area contributed by atoms with E-state index in [2.05, 4.69) is 0 Å². The van der Waals surface area contributed by atoms with Gasteiger partial charge in [0.1, 0.15) is 5.75 Å². The third-order valence-corrected chi connectivity index (χ3v) is 2.95. The highest BCUT2D eigenvalue weighted by Gasteiger charge is 2.33. The number of hydrogen-bond acceptors (Lipinski definition) is 3. The fourth-order valence-electron chi connectivity index (χ4n) is 2.43. The van der Waals surface area contributed by atoms with Gasteiger partial charge in [-0.15, -0.1) is 0 Å². The molecular formula is C14H19NO3. The first-order valence-corrected chi connectivity index (χ1v) is 6.13. The summed E-state index contributed by atoms with van der Waals surface area (Å²) in [4.78, 5) is 14.1. The first-order chi connectivity index (χ1) is 8.37. The minimum absolute atomic E-state index is 0.0232. The lowest BCUT2D eigenvalue weighted by Crippen LogP contribution is -2.53. The highest BCUT2D eigenvalue weighted by Crippen LogP contribution is 2.23. The number of phenols is 1. The number of carbonyl (C=O) groups excluding carboxylic acids is 1. The topological polar surface area (TPSA) is 49.8 Å². The minimum Gasteiger partial charge on any atom is -0.508 e. The summed E-state index contributed by atoms with van der Waals surface area (Å²) in [5.74, 6) is 0.0514. The van der Waals surface area contributed by atoms with Crippen molar-refractivity contribution in [2.75, 3.05) is 13.1 Å². The SMILES string of the molecule is CC1CN(C(=O)c2cccc(O)c2)CC(C)(C)O1. The lowest BCUT2D eigenvalue weighted by atomic mass is 10.0. The first-order valence-electron chi connectivity index (χ1n) is 6.13. The van der Waals surface area contributed by atoms with Crippen LogP contribution in [0.4, 0.5) is 0 Å². The summed E-state index contributed by atoms with van der Waals surface area (Å²) in [5.41, 5.74) is 0.185. The van der Waals surface area contributed by atoms with Crippen molar-refractivity contribution in [1.82, 2.24) is 4.90 Å². The summed E-state index contributed by atoms with van der Waals surface area (Å²) in [6, 6.07) is 6.45. The summed E-state index contributed by atoms with van der Waals surface area (Å²) in [6.07, 6.45) is 0.0232. The predicted octanol–water partition coefficient (Wildman–Crippen LogP) is 2.03. The van der Waals surface area contributed by atoms with E-state index in [1.807, 2.05) is 20.8 Å². The molecule has 0 bridgehead atoms. The van der Waals surface area contributed by atoms with Crippen LogP contribution in [0.1, 0.15) is 31.1 Å². The van der Waals surface area contributed by atoms with Gasteiger partial charge in [-0.25, -0.2) is 0 Å². The van der Waals surface area contributed by atoms with Crippen molar-refractivity contribution in [2.45, 2.75) is 32.5 Å². The number of rotatable bonds is 1. The molecule has 4 nitrogen and oxygen atoms in total. The molecule has 1 fully saturated rings. The van der Waals surface area contributed by atoms with Crippen LogP contribution < -0.4 is 0 Å². The molecule has 1 N–H and O–H groups in total. The molecule has 1 amide bonds. The van der Waals surface area contributed by atoms with Gasteiger partial charge in [0.15, 0.2) is 0 Å².